The van der Waals surface area contributed by atoms with E-state index in [0.717, 1.165) is 51.4 Å². The highest BCUT2D eigenvalue weighted by molar-refractivity contribution is 5.76. The average Bonchev–Trinajstić information content (AvgIpc) is 3.42. The SMILES string of the molecule is CCCCCC/C=C\C/C=C\CCCCCCCC(=O)OCCCCCCCCCCCCCC/C=C\CCCCCCCCCCCCCCCCCCCC(=O)NC(CO)C(O)/C=C/CCCCCCCCCC. The second-order valence-corrected chi connectivity index (χ2v) is 23.1. The molecular formula is C70H131NO5. The molecule has 1 amide bonds. The fourth-order valence-corrected chi connectivity index (χ4v) is 10.4. The molecule has 3 N–H and O–H groups in total. The minimum absolute atomic E-state index is 0.00477. The van der Waals surface area contributed by atoms with Crippen molar-refractivity contribution in [2.75, 3.05) is 13.2 Å². The van der Waals surface area contributed by atoms with E-state index in [1.165, 1.54) is 283 Å². The van der Waals surface area contributed by atoms with Crippen LogP contribution in [0.3, 0.4) is 0 Å². The van der Waals surface area contributed by atoms with Gasteiger partial charge in [0.2, 0.25) is 5.91 Å². The number of hydrogen-bond donors (Lipinski definition) is 3. The molecule has 0 spiro atoms. The first kappa shape index (κ1) is 73.8. The zero-order valence-corrected chi connectivity index (χ0v) is 51.0. The minimum atomic E-state index is -0.841. The first-order chi connectivity index (χ1) is 37.5. The van der Waals surface area contributed by atoms with E-state index in [1.54, 1.807) is 6.08 Å². The fourth-order valence-electron chi connectivity index (χ4n) is 10.4. The van der Waals surface area contributed by atoms with Crippen LogP contribution in [0, 0.1) is 0 Å². The number of rotatable bonds is 63. The smallest absolute Gasteiger partial charge is 0.305 e. The molecular weight excluding hydrogens is 935 g/mol. The summed E-state index contributed by atoms with van der Waals surface area (Å²) in [5.74, 6) is -0.0614. The van der Waals surface area contributed by atoms with Crippen LogP contribution in [-0.2, 0) is 14.3 Å². The maximum atomic E-state index is 12.4. The summed E-state index contributed by atoms with van der Waals surface area (Å²) < 4.78 is 5.49. The van der Waals surface area contributed by atoms with Gasteiger partial charge in [0.05, 0.1) is 25.4 Å². The summed E-state index contributed by atoms with van der Waals surface area (Å²) >= 11 is 0. The Morgan fingerprint density at radius 2 is 0.658 bits per heavy atom. The molecule has 0 heterocycles. The number of hydrogen-bond acceptors (Lipinski definition) is 5. The minimum Gasteiger partial charge on any atom is -0.466 e. The third kappa shape index (κ3) is 61.0. The van der Waals surface area contributed by atoms with Crippen LogP contribution in [0.25, 0.3) is 0 Å². The molecule has 0 aromatic rings. The molecule has 0 radical (unpaired) electrons. The van der Waals surface area contributed by atoms with Crippen molar-refractivity contribution in [2.24, 2.45) is 0 Å². The average molecular weight is 1070 g/mol. The number of unbranched alkanes of at least 4 members (excludes halogenated alkanes) is 46. The number of ether oxygens (including phenoxy) is 1. The molecule has 0 bridgehead atoms. The molecule has 0 saturated heterocycles. The number of esters is 1. The summed E-state index contributed by atoms with van der Waals surface area (Å²) in [6, 6.07) is -0.624. The van der Waals surface area contributed by atoms with Crippen molar-refractivity contribution in [1.29, 1.82) is 0 Å². The van der Waals surface area contributed by atoms with Gasteiger partial charge in [0, 0.05) is 12.8 Å². The lowest BCUT2D eigenvalue weighted by atomic mass is 10.0. The predicted molar refractivity (Wildman–Crippen MR) is 333 cm³/mol. The van der Waals surface area contributed by atoms with E-state index < -0.39 is 12.1 Å². The third-order valence-corrected chi connectivity index (χ3v) is 15.6. The Balaban J connectivity index is 3.34. The van der Waals surface area contributed by atoms with Gasteiger partial charge in [-0.15, -0.1) is 0 Å². The van der Waals surface area contributed by atoms with E-state index in [9.17, 15) is 19.8 Å². The molecule has 2 unspecified atom stereocenters. The van der Waals surface area contributed by atoms with E-state index in [1.807, 2.05) is 6.08 Å². The molecule has 0 saturated carbocycles. The Kier molecular flexibility index (Phi) is 63.5. The van der Waals surface area contributed by atoms with Gasteiger partial charge >= 0.3 is 5.97 Å². The molecule has 0 aromatic carbocycles. The first-order valence-corrected chi connectivity index (χ1v) is 33.9. The fraction of sp³-hybridized carbons (Fsp3) is 0.857. The van der Waals surface area contributed by atoms with Crippen LogP contribution in [-0.4, -0.2) is 47.4 Å². The summed E-state index contributed by atoms with van der Waals surface area (Å²) in [6.07, 6.45) is 84.8. The van der Waals surface area contributed by atoms with Gasteiger partial charge in [0.25, 0.3) is 0 Å². The lowest BCUT2D eigenvalue weighted by Gasteiger charge is -2.20. The standard InChI is InChI=1S/C70H131NO5/c1-3-5-7-9-11-13-15-16-17-38-41-44-48-52-56-60-64-70(75)76-65-61-57-53-49-45-42-39-36-34-32-30-28-26-24-22-20-18-19-21-23-25-27-29-31-33-35-37-40-43-47-51-55-59-63-69(74)71-67(66-72)68(73)62-58-54-50-46-14-12-10-8-6-4-2/h13,15,17,22,24,38,58,62,67-68,72-73H,3-12,14,16,18-21,23,25-37,39-57,59-61,63-66H2,1-2H3,(H,71,74)/b15-13-,24-22-,38-17-,62-58+. The van der Waals surface area contributed by atoms with Gasteiger partial charge in [-0.1, -0.05) is 306 Å². The highest BCUT2D eigenvalue weighted by Crippen LogP contribution is 2.18. The van der Waals surface area contributed by atoms with Gasteiger partial charge in [0.15, 0.2) is 0 Å². The van der Waals surface area contributed by atoms with Gasteiger partial charge in [0.1, 0.15) is 0 Å². The topological polar surface area (TPSA) is 95.9 Å². The Hall–Kier alpha value is -2.18. The van der Waals surface area contributed by atoms with Crippen molar-refractivity contribution in [3.8, 4) is 0 Å². The third-order valence-electron chi connectivity index (χ3n) is 15.6. The Morgan fingerprint density at radius 3 is 1.03 bits per heavy atom. The van der Waals surface area contributed by atoms with Gasteiger partial charge in [-0.3, -0.25) is 9.59 Å². The first-order valence-electron chi connectivity index (χ1n) is 33.9. The number of carbonyl (C=O) groups excluding carboxylic acids is 2. The lowest BCUT2D eigenvalue weighted by molar-refractivity contribution is -0.143. The van der Waals surface area contributed by atoms with Crippen molar-refractivity contribution >= 4 is 11.9 Å². The Bertz CT molecular complexity index is 1270. The van der Waals surface area contributed by atoms with Gasteiger partial charge in [-0.25, -0.2) is 0 Å². The zero-order valence-electron chi connectivity index (χ0n) is 51.0. The predicted octanol–water partition coefficient (Wildman–Crippen LogP) is 21.7. The molecule has 6 heteroatoms. The second kappa shape index (κ2) is 65.3. The molecule has 2 atom stereocenters. The molecule has 0 aliphatic carbocycles. The van der Waals surface area contributed by atoms with Crippen molar-refractivity contribution in [3.63, 3.8) is 0 Å². The van der Waals surface area contributed by atoms with Crippen LogP contribution in [0.15, 0.2) is 48.6 Å². The molecule has 76 heavy (non-hydrogen) atoms. The number of aliphatic hydroxyl groups is 2. The summed E-state index contributed by atoms with van der Waals surface area (Å²) in [6.45, 7) is 4.88. The van der Waals surface area contributed by atoms with E-state index in [2.05, 4.69) is 55.6 Å². The van der Waals surface area contributed by atoms with Gasteiger partial charge in [-0.05, 0) is 89.9 Å². The van der Waals surface area contributed by atoms with Crippen molar-refractivity contribution in [3.05, 3.63) is 48.6 Å². The van der Waals surface area contributed by atoms with E-state index >= 15 is 0 Å². The largest absolute Gasteiger partial charge is 0.466 e. The quantitative estimate of drug-likeness (QED) is 0.0320. The van der Waals surface area contributed by atoms with Crippen LogP contribution in [0.4, 0.5) is 0 Å². The summed E-state index contributed by atoms with van der Waals surface area (Å²) in [5, 5.41) is 23.0. The summed E-state index contributed by atoms with van der Waals surface area (Å²) in [4.78, 5) is 24.5. The van der Waals surface area contributed by atoms with Crippen LogP contribution >= 0.6 is 0 Å². The van der Waals surface area contributed by atoms with E-state index in [-0.39, 0.29) is 18.5 Å². The lowest BCUT2D eigenvalue weighted by Crippen LogP contribution is -2.45. The molecule has 0 aliphatic rings. The number of amides is 1. The second-order valence-electron chi connectivity index (χ2n) is 23.1. The number of nitrogens with one attached hydrogen (secondary N) is 1. The molecule has 0 fully saturated rings. The van der Waals surface area contributed by atoms with Gasteiger partial charge in [-0.2, -0.15) is 0 Å². The van der Waals surface area contributed by atoms with Gasteiger partial charge < -0.3 is 20.3 Å². The van der Waals surface area contributed by atoms with Crippen LogP contribution in [0.1, 0.15) is 361 Å². The molecule has 6 nitrogen and oxygen atoms in total. The molecule has 446 valence electrons. The van der Waals surface area contributed by atoms with Crippen LogP contribution in [0.2, 0.25) is 0 Å². The van der Waals surface area contributed by atoms with Crippen molar-refractivity contribution in [2.45, 2.75) is 373 Å². The van der Waals surface area contributed by atoms with E-state index in [4.69, 9.17) is 4.74 Å². The van der Waals surface area contributed by atoms with E-state index in [0.29, 0.717) is 19.4 Å². The maximum absolute atomic E-state index is 12.4. The van der Waals surface area contributed by atoms with Crippen LogP contribution in [0.5, 0.6) is 0 Å². The Labute approximate surface area is 474 Å². The molecule has 0 rings (SSSR count). The summed E-state index contributed by atoms with van der Waals surface area (Å²) in [5.41, 5.74) is 0. The van der Waals surface area contributed by atoms with Crippen molar-refractivity contribution < 1.29 is 24.5 Å². The van der Waals surface area contributed by atoms with Crippen molar-refractivity contribution in [1.82, 2.24) is 5.32 Å². The normalized spacial score (nSPS) is 12.8. The maximum Gasteiger partial charge on any atom is 0.305 e. The summed E-state index contributed by atoms with van der Waals surface area (Å²) in [7, 11) is 0. The number of aliphatic hydroxyl groups excluding tert-OH is 2. The highest BCUT2D eigenvalue weighted by Gasteiger charge is 2.18. The zero-order chi connectivity index (χ0) is 55.0. The number of allylic oxidation sites excluding steroid dienone is 7. The van der Waals surface area contributed by atoms with Crippen LogP contribution < -0.4 is 5.32 Å². The molecule has 0 aliphatic heterocycles. The molecule has 0 aromatic heterocycles. The monoisotopic (exact) mass is 1070 g/mol. The number of carbonyl (C=O) groups is 2. The highest BCUT2D eigenvalue weighted by atomic mass is 16.5. The Morgan fingerprint density at radius 1 is 0.368 bits per heavy atom.